The molecule has 0 aliphatic carbocycles. The number of carbonyl (C=O) groups is 2. The molecule has 0 aromatic heterocycles. The van der Waals surface area contributed by atoms with Crippen molar-refractivity contribution in [2.75, 3.05) is 12.4 Å². The number of unbranched alkanes of at least 4 members (excludes halogenated alkanes) is 24. The fraction of sp³-hybridized carbons (Fsp3) is 0.763. The van der Waals surface area contributed by atoms with Crippen LogP contribution in [-0.2, 0) is 36.7 Å². The number of benzene rings is 2. The normalized spacial score (nSPS) is 12.7. The number of hydrogen-bond acceptors (Lipinski definition) is 7. The fourth-order valence-corrected chi connectivity index (χ4v) is 10.4. The number of carbonyl (C=O) groups excluding carboxylic acids is 1. The van der Waals surface area contributed by atoms with Gasteiger partial charge >= 0.3 is 11.9 Å². The second-order valence-corrected chi connectivity index (χ2v) is 24.4. The van der Waals surface area contributed by atoms with E-state index in [0.717, 1.165) is 64.8 Å². The number of ether oxygens (including phenoxy) is 1. The van der Waals surface area contributed by atoms with Gasteiger partial charge in [-0.2, -0.15) is 0 Å². The maximum atomic E-state index is 12.2. The van der Waals surface area contributed by atoms with Crippen molar-refractivity contribution < 1.29 is 29.6 Å². The minimum Gasteiger partial charge on any atom is -0.507 e. The van der Waals surface area contributed by atoms with E-state index in [-0.39, 0.29) is 16.8 Å². The number of phenolic OH excluding ortho intramolecular Hbond substituents is 2. The van der Waals surface area contributed by atoms with Crippen LogP contribution in [0.4, 0.5) is 0 Å². The molecule has 0 heterocycles. The first-order chi connectivity index (χ1) is 31.8. The maximum absolute atomic E-state index is 12.2. The van der Waals surface area contributed by atoms with Gasteiger partial charge in [-0.15, -0.1) is 23.5 Å². The second kappa shape index (κ2) is 35.7. The molecule has 0 spiro atoms. The topological polar surface area (TPSA) is 104 Å². The van der Waals surface area contributed by atoms with E-state index in [9.17, 15) is 24.9 Å². The third-order valence-corrected chi connectivity index (χ3v) is 15.6. The highest BCUT2D eigenvalue weighted by molar-refractivity contribution is 8.00. The molecule has 3 N–H and O–H groups in total. The Balaban J connectivity index is 0.000000670. The van der Waals surface area contributed by atoms with Crippen molar-refractivity contribution in [3.63, 3.8) is 0 Å². The van der Waals surface area contributed by atoms with Crippen molar-refractivity contribution in [2.45, 2.75) is 277 Å². The Labute approximate surface area is 421 Å². The van der Waals surface area contributed by atoms with E-state index >= 15 is 0 Å². The van der Waals surface area contributed by atoms with Crippen LogP contribution in [0.15, 0.2) is 24.3 Å². The van der Waals surface area contributed by atoms with E-state index in [4.69, 9.17) is 4.74 Å². The zero-order valence-corrected chi connectivity index (χ0v) is 46.7. The third kappa shape index (κ3) is 28.8. The van der Waals surface area contributed by atoms with Gasteiger partial charge in [0.1, 0.15) is 16.2 Å². The van der Waals surface area contributed by atoms with Gasteiger partial charge in [0.05, 0.1) is 12.4 Å². The summed E-state index contributed by atoms with van der Waals surface area (Å²) < 4.78 is 4.58. The van der Waals surface area contributed by atoms with E-state index in [1.54, 1.807) is 11.8 Å². The molecule has 0 bridgehead atoms. The Bertz CT molecular complexity index is 1570. The van der Waals surface area contributed by atoms with E-state index in [0.29, 0.717) is 36.0 Å². The molecular formula is C59H102O6S2. The summed E-state index contributed by atoms with van der Waals surface area (Å²) in [5, 5.41) is 30.8. The number of esters is 1. The molecule has 0 aliphatic rings. The highest BCUT2D eigenvalue weighted by Gasteiger charge is 2.34. The second-order valence-electron chi connectivity index (χ2n) is 21.9. The number of aromatic hydroxyl groups is 2. The Morgan fingerprint density at radius 2 is 0.866 bits per heavy atom. The summed E-state index contributed by atoms with van der Waals surface area (Å²) in [6, 6.07) is 8.11. The predicted molar refractivity (Wildman–Crippen MR) is 294 cm³/mol. The van der Waals surface area contributed by atoms with Crippen LogP contribution in [0.5, 0.6) is 11.5 Å². The van der Waals surface area contributed by atoms with Crippen molar-refractivity contribution in [1.29, 1.82) is 0 Å². The van der Waals surface area contributed by atoms with Crippen LogP contribution in [0.25, 0.3) is 0 Å². The van der Waals surface area contributed by atoms with E-state index < -0.39 is 10.7 Å². The van der Waals surface area contributed by atoms with Crippen LogP contribution < -0.4 is 0 Å². The fourth-order valence-electron chi connectivity index (χ4n) is 8.61. The van der Waals surface area contributed by atoms with E-state index in [1.807, 2.05) is 32.9 Å². The molecule has 1 atom stereocenters. The molecule has 1 unspecified atom stereocenters. The number of aliphatic carboxylic acids is 1. The maximum Gasteiger partial charge on any atom is 0.319 e. The van der Waals surface area contributed by atoms with E-state index in [1.165, 1.54) is 153 Å². The van der Waals surface area contributed by atoms with Crippen molar-refractivity contribution in [3.05, 3.63) is 57.6 Å². The van der Waals surface area contributed by atoms with E-state index in [2.05, 4.69) is 67.5 Å². The van der Waals surface area contributed by atoms with Gasteiger partial charge in [0.15, 0.2) is 0 Å². The molecule has 0 fully saturated rings. The number of carboxylic acids is 1. The average Bonchev–Trinajstić information content (AvgIpc) is 3.26. The standard InChI is InChI=1S/C30H52O3S.C29H50O3S/c1-9-10-11-12-13-14-15-16-17-18-19-30(8,27(32)33)34-22-23-20-24(28(2,3)4)26(31)25(21-23)29(5,6)7;1-4-5-6-7-8-9-10-11-12-13-14-15-16-17-18-19-20-32-28(30)24-33-23-27-21-25(2)29(31)26(3)22-27/h20-21,31H,9-19,22H2,1-8H3,(H,32,33);21-22,31H,4-20,23-24H2,1-3H3. The summed E-state index contributed by atoms with van der Waals surface area (Å²) in [6.45, 7) is 23.4. The summed E-state index contributed by atoms with van der Waals surface area (Å²) in [5.74, 6) is 1.68. The largest absolute Gasteiger partial charge is 0.507 e. The number of rotatable bonds is 36. The van der Waals surface area contributed by atoms with Gasteiger partial charge in [-0.05, 0) is 77.8 Å². The van der Waals surface area contributed by atoms with Gasteiger partial charge in [0.25, 0.3) is 0 Å². The predicted octanol–water partition coefficient (Wildman–Crippen LogP) is 18.4. The van der Waals surface area contributed by atoms with Crippen molar-refractivity contribution in [1.82, 2.24) is 0 Å². The first kappa shape index (κ1) is 62.7. The molecule has 2 rings (SSSR count). The summed E-state index contributed by atoms with van der Waals surface area (Å²) in [5.41, 5.74) is 5.50. The van der Waals surface area contributed by atoms with Crippen LogP contribution >= 0.6 is 23.5 Å². The molecule has 0 radical (unpaired) electrons. The third-order valence-electron chi connectivity index (χ3n) is 13.1. The zero-order chi connectivity index (χ0) is 50.1. The van der Waals surface area contributed by atoms with Crippen LogP contribution in [0.1, 0.15) is 269 Å². The lowest BCUT2D eigenvalue weighted by atomic mass is 9.78. The van der Waals surface area contributed by atoms with Crippen LogP contribution in [-0.4, -0.2) is 44.4 Å². The van der Waals surface area contributed by atoms with Gasteiger partial charge in [0.2, 0.25) is 0 Å². The number of aryl methyl sites for hydroxylation is 2. The summed E-state index contributed by atoms with van der Waals surface area (Å²) in [6.07, 6.45) is 34.8. The molecule has 0 amide bonds. The minimum absolute atomic E-state index is 0.117. The lowest BCUT2D eigenvalue weighted by Crippen LogP contribution is -2.31. The van der Waals surface area contributed by atoms with Crippen LogP contribution in [0, 0.1) is 13.8 Å². The highest BCUT2D eigenvalue weighted by Crippen LogP contribution is 2.42. The molecule has 2 aromatic rings. The molecule has 386 valence electrons. The van der Waals surface area contributed by atoms with Gasteiger partial charge in [-0.25, -0.2) is 0 Å². The van der Waals surface area contributed by atoms with Crippen LogP contribution in [0.2, 0.25) is 0 Å². The Morgan fingerprint density at radius 3 is 1.24 bits per heavy atom. The Morgan fingerprint density at radius 1 is 0.507 bits per heavy atom. The van der Waals surface area contributed by atoms with Gasteiger partial charge in [-0.3, -0.25) is 9.59 Å². The summed E-state index contributed by atoms with van der Waals surface area (Å²) in [4.78, 5) is 24.1. The number of thioether (sulfide) groups is 2. The summed E-state index contributed by atoms with van der Waals surface area (Å²) >= 11 is 3.10. The van der Waals surface area contributed by atoms with Crippen molar-refractivity contribution in [3.8, 4) is 11.5 Å². The Kier molecular flexibility index (Phi) is 33.4. The van der Waals surface area contributed by atoms with Crippen molar-refractivity contribution in [2.24, 2.45) is 0 Å². The monoisotopic (exact) mass is 971 g/mol. The molecule has 67 heavy (non-hydrogen) atoms. The summed E-state index contributed by atoms with van der Waals surface area (Å²) in [7, 11) is 0. The molecule has 0 aliphatic heterocycles. The molecule has 2 aromatic carbocycles. The number of carboxylic acid groups (broad SMARTS) is 1. The number of hydrogen-bond donors (Lipinski definition) is 3. The highest BCUT2D eigenvalue weighted by atomic mass is 32.2. The molecule has 6 nitrogen and oxygen atoms in total. The SMILES string of the molecule is CCCCCCCCCCCCC(C)(SCc1cc(C(C)(C)C)c(O)c(C(C)(C)C)c1)C(=O)O.CCCCCCCCCCCCCCCCCCOC(=O)CSCc1cc(C)c(O)c(C)c1. The van der Waals surface area contributed by atoms with Gasteiger partial charge < -0.3 is 20.1 Å². The lowest BCUT2D eigenvalue weighted by molar-refractivity contribution is -0.141. The van der Waals surface area contributed by atoms with Gasteiger partial charge in [0, 0.05) is 11.5 Å². The number of phenols is 2. The molecule has 0 saturated heterocycles. The quantitative estimate of drug-likeness (QED) is 0.0458. The van der Waals surface area contributed by atoms with Gasteiger partial charge in [-0.1, -0.05) is 240 Å². The molecule has 0 saturated carbocycles. The first-order valence-electron chi connectivity index (χ1n) is 27.0. The van der Waals surface area contributed by atoms with Crippen LogP contribution in [0.3, 0.4) is 0 Å². The smallest absolute Gasteiger partial charge is 0.319 e. The molecule has 8 heteroatoms. The zero-order valence-electron chi connectivity index (χ0n) is 45.1. The van der Waals surface area contributed by atoms with Crippen molar-refractivity contribution >= 4 is 35.5 Å². The first-order valence-corrected chi connectivity index (χ1v) is 29.2. The minimum atomic E-state index is -0.790. The molecular weight excluding hydrogens is 869 g/mol. The Hall–Kier alpha value is -2.32. The average molecular weight is 972 g/mol. The lowest BCUT2D eigenvalue weighted by Gasteiger charge is -2.29.